The Hall–Kier alpha value is -3.64. The van der Waals surface area contributed by atoms with E-state index in [-0.39, 0.29) is 0 Å². The number of hydrogen-bond donors (Lipinski definition) is 0. The molecule has 0 spiro atoms. The molecule has 0 amide bonds. The molecule has 0 radical (unpaired) electrons. The van der Waals surface area contributed by atoms with Crippen molar-refractivity contribution in [2.24, 2.45) is 0 Å². The van der Waals surface area contributed by atoms with Gasteiger partial charge in [0, 0.05) is 0 Å². The molecule has 0 bridgehead atoms. The van der Waals surface area contributed by atoms with Crippen LogP contribution in [0.4, 0.5) is 0 Å². The molecule has 0 saturated carbocycles. The van der Waals surface area contributed by atoms with Gasteiger partial charge >= 0.3 is 0 Å². The van der Waals surface area contributed by atoms with Crippen molar-refractivity contribution in [3.05, 3.63) is 96.1 Å². The van der Waals surface area contributed by atoms with Crippen molar-refractivity contribution in [1.82, 2.24) is 0 Å². The van der Waals surface area contributed by atoms with Crippen molar-refractivity contribution in [2.45, 2.75) is 0 Å². The summed E-state index contributed by atoms with van der Waals surface area (Å²) in [5.74, 6) is 0. The largest absolute Gasteiger partial charge is 0.0622 e. The molecule has 0 unspecified atom stereocenters. The first-order chi connectivity index (χ1) is 13.9. The van der Waals surface area contributed by atoms with E-state index in [2.05, 4.69) is 97.1 Å². The van der Waals surface area contributed by atoms with Gasteiger partial charge in [-0.1, -0.05) is 91.0 Å². The standard InChI is InChI=1S/C28H16/c1-2-4-17(5-3-1)6-7-21-16-22-13-12-19-9-8-18-10-11-20-14-15-23(21)28-26(20)24(18)25(19)27(22)28/h1-16H/b7-6+. The molecule has 0 nitrogen and oxygen atoms in total. The van der Waals surface area contributed by atoms with Crippen molar-refractivity contribution in [1.29, 1.82) is 0 Å². The Morgan fingerprint density at radius 3 is 1.64 bits per heavy atom. The Morgan fingerprint density at radius 1 is 0.429 bits per heavy atom. The zero-order valence-electron chi connectivity index (χ0n) is 15.2. The molecule has 7 aromatic rings. The van der Waals surface area contributed by atoms with Crippen LogP contribution in [0.15, 0.2) is 84.9 Å². The van der Waals surface area contributed by atoms with Crippen molar-refractivity contribution in [2.75, 3.05) is 0 Å². The lowest BCUT2D eigenvalue weighted by molar-refractivity contribution is 1.66. The van der Waals surface area contributed by atoms with Gasteiger partial charge in [0.2, 0.25) is 0 Å². The molecule has 0 heteroatoms. The van der Waals surface area contributed by atoms with Crippen LogP contribution >= 0.6 is 0 Å². The van der Waals surface area contributed by atoms with Gasteiger partial charge in [-0.25, -0.2) is 0 Å². The van der Waals surface area contributed by atoms with Crippen LogP contribution in [0, 0.1) is 0 Å². The third-order valence-corrected chi connectivity index (χ3v) is 6.31. The van der Waals surface area contributed by atoms with Gasteiger partial charge in [0.1, 0.15) is 0 Å². The van der Waals surface area contributed by atoms with E-state index in [1.807, 2.05) is 0 Å². The third-order valence-electron chi connectivity index (χ3n) is 6.31. The molecule has 0 N–H and O–H groups in total. The van der Waals surface area contributed by atoms with Crippen LogP contribution in [0.1, 0.15) is 11.1 Å². The summed E-state index contributed by atoms with van der Waals surface area (Å²) in [6.45, 7) is 0. The second-order valence-corrected chi connectivity index (χ2v) is 7.79. The lowest BCUT2D eigenvalue weighted by Crippen LogP contribution is -1.82. The second-order valence-electron chi connectivity index (χ2n) is 7.79. The van der Waals surface area contributed by atoms with Crippen LogP contribution < -0.4 is 0 Å². The fourth-order valence-corrected chi connectivity index (χ4v) is 5.09. The predicted octanol–water partition coefficient (Wildman–Crippen LogP) is 7.94. The Labute approximate surface area is 162 Å². The maximum absolute atomic E-state index is 2.35. The van der Waals surface area contributed by atoms with Crippen LogP contribution in [0.25, 0.3) is 66.0 Å². The van der Waals surface area contributed by atoms with Crippen molar-refractivity contribution >= 4 is 66.0 Å². The highest BCUT2D eigenvalue weighted by atomic mass is 14.2. The Bertz CT molecular complexity index is 1590. The summed E-state index contributed by atoms with van der Waals surface area (Å²) in [5, 5.41) is 13.9. The Balaban J connectivity index is 1.68. The van der Waals surface area contributed by atoms with Crippen molar-refractivity contribution < 1.29 is 0 Å². The molecule has 28 heavy (non-hydrogen) atoms. The molecule has 0 aliphatic carbocycles. The first-order valence-electron chi connectivity index (χ1n) is 9.79. The first kappa shape index (κ1) is 14.4. The summed E-state index contributed by atoms with van der Waals surface area (Å²) in [5.41, 5.74) is 2.52. The van der Waals surface area contributed by atoms with Crippen molar-refractivity contribution in [3.8, 4) is 0 Å². The molecule has 0 heterocycles. The quantitative estimate of drug-likeness (QED) is 0.219. The van der Waals surface area contributed by atoms with Gasteiger partial charge in [-0.3, -0.25) is 0 Å². The van der Waals surface area contributed by atoms with Crippen LogP contribution in [0.3, 0.4) is 0 Å². The van der Waals surface area contributed by atoms with Gasteiger partial charge in [0.05, 0.1) is 0 Å². The smallest absolute Gasteiger partial charge is 0.000785 e. The maximum Gasteiger partial charge on any atom is -0.000785 e. The number of benzene rings is 6. The first-order valence-corrected chi connectivity index (χ1v) is 9.79. The molecular weight excluding hydrogens is 336 g/mol. The van der Waals surface area contributed by atoms with E-state index in [9.17, 15) is 0 Å². The molecule has 128 valence electrons. The van der Waals surface area contributed by atoms with E-state index >= 15 is 0 Å². The van der Waals surface area contributed by atoms with Crippen molar-refractivity contribution in [3.63, 3.8) is 0 Å². The molecule has 0 fully saturated rings. The zero-order chi connectivity index (χ0) is 18.2. The maximum atomic E-state index is 2.35. The molecule has 0 saturated heterocycles. The highest BCUT2D eigenvalue weighted by Crippen LogP contribution is 2.48. The number of rotatable bonds is 2. The van der Waals surface area contributed by atoms with E-state index in [1.54, 1.807) is 0 Å². The van der Waals surface area contributed by atoms with E-state index < -0.39 is 0 Å². The average Bonchev–Trinajstić information content (AvgIpc) is 3.12. The van der Waals surface area contributed by atoms with E-state index in [0.29, 0.717) is 0 Å². The minimum Gasteiger partial charge on any atom is -0.0622 e. The van der Waals surface area contributed by atoms with Crippen LogP contribution in [0.5, 0.6) is 0 Å². The summed E-state index contributed by atoms with van der Waals surface area (Å²) >= 11 is 0. The monoisotopic (exact) mass is 352 g/mol. The van der Waals surface area contributed by atoms with Crippen LogP contribution in [-0.4, -0.2) is 0 Å². The highest BCUT2D eigenvalue weighted by Gasteiger charge is 2.20. The third kappa shape index (κ3) is 1.70. The van der Waals surface area contributed by atoms with E-state index in [0.717, 1.165) is 0 Å². The van der Waals surface area contributed by atoms with Crippen LogP contribution in [-0.2, 0) is 0 Å². The molecule has 0 atom stereocenters. The zero-order valence-corrected chi connectivity index (χ0v) is 15.2. The summed E-state index contributed by atoms with van der Waals surface area (Å²) in [6.07, 6.45) is 4.48. The Kier molecular flexibility index (Phi) is 2.57. The fraction of sp³-hybridized carbons (Fsp3) is 0. The topological polar surface area (TPSA) is 0 Å². The van der Waals surface area contributed by atoms with Gasteiger partial charge < -0.3 is 0 Å². The van der Waals surface area contributed by atoms with E-state index in [1.165, 1.54) is 65.0 Å². The van der Waals surface area contributed by atoms with E-state index in [4.69, 9.17) is 0 Å². The predicted molar refractivity (Wildman–Crippen MR) is 123 cm³/mol. The average molecular weight is 352 g/mol. The second kappa shape index (κ2) is 4.99. The minimum atomic E-state index is 1.23. The molecular formula is C28H16. The fourth-order valence-electron chi connectivity index (χ4n) is 5.09. The SMILES string of the molecule is C(=C\c1cc2ccc3ccc4ccc5ccc1c1c5c4c3c21)/c1ccccc1. The van der Waals surface area contributed by atoms with Gasteiger partial charge in [0.25, 0.3) is 0 Å². The summed E-state index contributed by atoms with van der Waals surface area (Å²) in [4.78, 5) is 0. The normalized spacial score (nSPS) is 12.9. The molecule has 7 aromatic carbocycles. The number of hydrogen-bond acceptors (Lipinski definition) is 0. The molecule has 7 rings (SSSR count). The summed E-state index contributed by atoms with van der Waals surface area (Å²) < 4.78 is 0. The molecule has 0 aliphatic rings. The Morgan fingerprint density at radius 2 is 0.964 bits per heavy atom. The summed E-state index contributed by atoms with van der Waals surface area (Å²) in [7, 11) is 0. The van der Waals surface area contributed by atoms with Gasteiger partial charge in [-0.05, 0) is 71.1 Å². The molecule has 0 aromatic heterocycles. The van der Waals surface area contributed by atoms with Crippen LogP contribution in [0.2, 0.25) is 0 Å². The summed E-state index contributed by atoms with van der Waals surface area (Å²) in [6, 6.07) is 31.1. The molecule has 0 aliphatic heterocycles. The van der Waals surface area contributed by atoms with Gasteiger partial charge in [0.15, 0.2) is 0 Å². The highest BCUT2D eigenvalue weighted by molar-refractivity contribution is 6.44. The van der Waals surface area contributed by atoms with Gasteiger partial charge in [-0.15, -0.1) is 0 Å². The lowest BCUT2D eigenvalue weighted by atomic mass is 9.95. The van der Waals surface area contributed by atoms with Gasteiger partial charge in [-0.2, -0.15) is 0 Å². The minimum absolute atomic E-state index is 1.23. The lowest BCUT2D eigenvalue weighted by Gasteiger charge is -2.08.